The molecule has 3 aromatic heterocycles. The molecule has 0 radical (unpaired) electrons. The van der Waals surface area contributed by atoms with Gasteiger partial charge < -0.3 is 14.6 Å². The summed E-state index contributed by atoms with van der Waals surface area (Å²) in [5.74, 6) is -5.46. The van der Waals surface area contributed by atoms with E-state index in [1.54, 1.807) is 0 Å². The molecule has 200 valence electrons. The summed E-state index contributed by atoms with van der Waals surface area (Å²) in [6, 6.07) is 5.17. The normalized spacial score (nSPS) is 11.6. The average molecular weight is 578 g/mol. The van der Waals surface area contributed by atoms with E-state index in [0.29, 0.717) is 0 Å². The molecule has 2 aromatic carbocycles. The van der Waals surface area contributed by atoms with Gasteiger partial charge in [0, 0.05) is 22.7 Å². The number of aromatic amines is 1. The monoisotopic (exact) mass is 577 g/mol. The molecule has 1 amide bonds. The fourth-order valence-corrected chi connectivity index (χ4v) is 5.61. The van der Waals surface area contributed by atoms with Crippen molar-refractivity contribution in [1.29, 1.82) is 0 Å². The van der Waals surface area contributed by atoms with Crippen LogP contribution in [-0.4, -0.2) is 41.8 Å². The zero-order valence-electron chi connectivity index (χ0n) is 19.6. The summed E-state index contributed by atoms with van der Waals surface area (Å²) < 4.78 is 81.7. The minimum absolute atomic E-state index is 0.00139. The molecule has 0 saturated carbocycles. The number of nitrogens with one attached hydrogen (secondary N) is 2. The van der Waals surface area contributed by atoms with E-state index in [2.05, 4.69) is 30.2 Å². The predicted octanol–water partition coefficient (Wildman–Crippen LogP) is 4.92. The highest BCUT2D eigenvalue weighted by molar-refractivity contribution is 7.90. The van der Waals surface area contributed by atoms with Gasteiger partial charge in [0.2, 0.25) is 5.88 Å². The molecule has 15 heteroatoms. The number of halogens is 4. The van der Waals surface area contributed by atoms with Gasteiger partial charge in [0.25, 0.3) is 5.91 Å². The number of H-pyrrole nitrogens is 1. The van der Waals surface area contributed by atoms with E-state index in [4.69, 9.17) is 16.3 Å². The summed E-state index contributed by atoms with van der Waals surface area (Å²) in [6.45, 7) is 0. The van der Waals surface area contributed by atoms with Gasteiger partial charge >= 0.3 is 0 Å². The Kier molecular flexibility index (Phi) is 6.74. The Morgan fingerprint density at radius 2 is 1.95 bits per heavy atom. The van der Waals surface area contributed by atoms with Gasteiger partial charge in [-0.2, -0.15) is 5.10 Å². The molecule has 0 aliphatic carbocycles. The van der Waals surface area contributed by atoms with Crippen LogP contribution in [0.1, 0.15) is 16.1 Å². The Balaban J connectivity index is 1.54. The number of sulfone groups is 1. The fourth-order valence-electron chi connectivity index (χ4n) is 3.89. The fraction of sp³-hybridized carbons (Fsp3) is 0.0833. The number of methoxy groups -OCH3 is 1. The van der Waals surface area contributed by atoms with E-state index >= 15 is 8.78 Å². The van der Waals surface area contributed by atoms with Crippen molar-refractivity contribution in [2.24, 2.45) is 0 Å². The second-order valence-corrected chi connectivity index (χ2v) is 10.5. The molecule has 5 rings (SSSR count). The minimum Gasteiger partial charge on any atom is -0.480 e. The minimum atomic E-state index is -4.29. The van der Waals surface area contributed by atoms with Gasteiger partial charge in [0.15, 0.2) is 15.7 Å². The number of nitrogens with zero attached hydrogens (tertiary/aromatic N) is 3. The second kappa shape index (κ2) is 10.0. The van der Waals surface area contributed by atoms with Crippen molar-refractivity contribution in [3.63, 3.8) is 0 Å². The zero-order chi connectivity index (χ0) is 27.9. The maximum Gasteiger partial charge on any atom is 0.274 e. The van der Waals surface area contributed by atoms with Crippen LogP contribution >= 0.6 is 11.6 Å². The predicted molar refractivity (Wildman–Crippen MR) is 133 cm³/mol. The maximum absolute atomic E-state index is 15.6. The number of anilines is 1. The molecule has 0 saturated heterocycles. The number of aromatic nitrogens is 4. The first-order valence-corrected chi connectivity index (χ1v) is 12.9. The Labute approximate surface area is 222 Å². The smallest absolute Gasteiger partial charge is 0.274 e. The van der Waals surface area contributed by atoms with Crippen molar-refractivity contribution in [3.05, 3.63) is 82.7 Å². The molecule has 0 aliphatic rings. The van der Waals surface area contributed by atoms with E-state index < -0.39 is 60.5 Å². The van der Waals surface area contributed by atoms with Crippen molar-refractivity contribution in [2.75, 3.05) is 12.4 Å². The lowest BCUT2D eigenvalue weighted by Gasteiger charge is -2.13. The van der Waals surface area contributed by atoms with Crippen molar-refractivity contribution in [2.45, 2.75) is 10.6 Å². The van der Waals surface area contributed by atoms with Gasteiger partial charge in [-0.25, -0.2) is 26.6 Å². The maximum atomic E-state index is 15.6. The van der Waals surface area contributed by atoms with E-state index in [1.807, 2.05) is 0 Å². The number of fused-ring (bicyclic) bond motifs is 1. The summed E-state index contributed by atoms with van der Waals surface area (Å²) in [5, 5.41) is 12.1. The van der Waals surface area contributed by atoms with Gasteiger partial charge in [-0.3, -0.25) is 9.89 Å². The highest BCUT2D eigenvalue weighted by atomic mass is 35.5. The van der Waals surface area contributed by atoms with E-state index in [9.17, 15) is 17.6 Å². The van der Waals surface area contributed by atoms with Crippen LogP contribution < -0.4 is 10.1 Å². The van der Waals surface area contributed by atoms with E-state index in [0.717, 1.165) is 24.3 Å². The van der Waals surface area contributed by atoms with Crippen LogP contribution in [-0.2, 0) is 15.6 Å². The van der Waals surface area contributed by atoms with Crippen LogP contribution in [0.15, 0.2) is 58.4 Å². The third kappa shape index (κ3) is 4.79. The lowest BCUT2D eigenvalue weighted by Crippen LogP contribution is -2.12. The first-order valence-electron chi connectivity index (χ1n) is 10.9. The second-order valence-electron chi connectivity index (χ2n) is 8.10. The van der Waals surface area contributed by atoms with Gasteiger partial charge in [-0.1, -0.05) is 28.9 Å². The van der Waals surface area contributed by atoms with Crippen molar-refractivity contribution >= 4 is 43.9 Å². The van der Waals surface area contributed by atoms with Gasteiger partial charge in [-0.05, 0) is 18.2 Å². The number of ether oxygens (including phenoxy) is 1. The number of pyridine rings is 1. The highest BCUT2D eigenvalue weighted by Crippen LogP contribution is 2.35. The van der Waals surface area contributed by atoms with Crippen molar-refractivity contribution in [3.8, 4) is 17.0 Å². The third-order valence-corrected chi connectivity index (χ3v) is 7.54. The summed E-state index contributed by atoms with van der Waals surface area (Å²) in [5.41, 5.74) is -2.03. The number of hydrogen-bond donors (Lipinski definition) is 2. The van der Waals surface area contributed by atoms with Crippen LogP contribution in [0.5, 0.6) is 5.88 Å². The Hall–Kier alpha value is -4.43. The molecule has 0 spiro atoms. The quantitative estimate of drug-likeness (QED) is 0.278. The molecule has 5 aromatic rings. The average Bonchev–Trinajstić information content (AvgIpc) is 3.57. The largest absolute Gasteiger partial charge is 0.480 e. The number of carbonyl (C=O) groups is 1. The number of amides is 1. The van der Waals surface area contributed by atoms with E-state index in [1.165, 1.54) is 31.8 Å². The van der Waals surface area contributed by atoms with Crippen molar-refractivity contribution in [1.82, 2.24) is 20.3 Å². The van der Waals surface area contributed by atoms with Crippen molar-refractivity contribution < 1.29 is 35.6 Å². The van der Waals surface area contributed by atoms with Crippen LogP contribution in [0.3, 0.4) is 0 Å². The van der Waals surface area contributed by atoms with Crippen LogP contribution in [0.2, 0.25) is 5.02 Å². The Morgan fingerprint density at radius 1 is 1.15 bits per heavy atom. The zero-order valence-corrected chi connectivity index (χ0v) is 21.2. The van der Waals surface area contributed by atoms with Crippen LogP contribution in [0.25, 0.3) is 22.0 Å². The molecule has 3 heterocycles. The van der Waals surface area contributed by atoms with Crippen LogP contribution in [0.4, 0.5) is 18.9 Å². The first-order chi connectivity index (χ1) is 18.6. The first kappa shape index (κ1) is 26.2. The SMILES string of the molecule is COc1ncc(Cl)cc1S(=O)(=O)Cc1ccc(F)c(-c2ccc3c(C(=O)Nc4cnoc4)[nH]nc3c2F)c1F. The molecule has 0 unspecified atom stereocenters. The third-order valence-electron chi connectivity index (χ3n) is 5.68. The number of carbonyl (C=O) groups excluding carboxylic acids is 1. The molecule has 0 bridgehead atoms. The van der Waals surface area contributed by atoms with Gasteiger partial charge in [-0.15, -0.1) is 0 Å². The Morgan fingerprint density at radius 3 is 2.67 bits per heavy atom. The molecule has 39 heavy (non-hydrogen) atoms. The summed E-state index contributed by atoms with van der Waals surface area (Å²) >= 11 is 5.87. The molecule has 0 fully saturated rings. The standard InChI is InChI=1S/C24H15ClF3N5O5S/c1-37-24-17(6-12(25)7-29-24)39(35,36)10-11-2-5-16(26)18(19(11)27)14-3-4-15-21(20(14)28)32-33-22(15)23(34)31-13-8-30-38-9-13/h2-9H,10H2,1H3,(H,31,34)(H,32,33). The lowest BCUT2D eigenvalue weighted by molar-refractivity contribution is 0.102. The number of benzene rings is 2. The topological polar surface area (TPSA) is 140 Å². The molecule has 2 N–H and O–H groups in total. The van der Waals surface area contributed by atoms with Gasteiger partial charge in [0.05, 0.1) is 29.6 Å². The number of rotatable bonds is 7. The molecular formula is C24H15ClF3N5O5S. The summed E-state index contributed by atoms with van der Waals surface area (Å²) in [6.07, 6.45) is 3.59. The molecule has 0 aliphatic heterocycles. The highest BCUT2D eigenvalue weighted by Gasteiger charge is 2.27. The Bertz CT molecular complexity index is 1850. The lowest BCUT2D eigenvalue weighted by atomic mass is 9.99. The molecule has 0 atom stereocenters. The van der Waals surface area contributed by atoms with Crippen LogP contribution in [0, 0.1) is 17.5 Å². The molecule has 10 nitrogen and oxygen atoms in total. The molecular weight excluding hydrogens is 563 g/mol. The van der Waals surface area contributed by atoms with E-state index in [-0.39, 0.29) is 33.2 Å². The summed E-state index contributed by atoms with van der Waals surface area (Å²) in [4.78, 5) is 15.9. The van der Waals surface area contributed by atoms with Gasteiger partial charge in [0.1, 0.15) is 39.7 Å². The summed E-state index contributed by atoms with van der Waals surface area (Å²) in [7, 11) is -3.09. The number of hydrogen-bond acceptors (Lipinski definition) is 8.